The fourth-order valence-electron chi connectivity index (χ4n) is 2.52. The Bertz CT molecular complexity index is 353. The minimum atomic E-state index is -0.775. The number of hydrogen-bond acceptors (Lipinski definition) is 4. The molecular weight excluding hydrogens is 206 g/mol. The smallest absolute Gasteiger partial charge is 0.0964 e. The molecule has 0 spiro atoms. The monoisotopic (exact) mass is 225 g/mol. The van der Waals surface area contributed by atoms with Gasteiger partial charge in [-0.15, -0.1) is 5.10 Å². The molecule has 0 amide bonds. The van der Waals surface area contributed by atoms with Gasteiger partial charge in [-0.05, 0) is 12.8 Å². The molecule has 1 aliphatic carbocycles. The fourth-order valence-corrected chi connectivity index (χ4v) is 2.52. The molecule has 1 aliphatic rings. The molecule has 1 saturated carbocycles. The van der Waals surface area contributed by atoms with Crippen molar-refractivity contribution < 1.29 is 9.84 Å². The molecule has 90 valence electrons. The highest BCUT2D eigenvalue weighted by Crippen LogP contribution is 2.32. The topological polar surface area (TPSA) is 60.2 Å². The highest BCUT2D eigenvalue weighted by Gasteiger charge is 2.39. The maximum Gasteiger partial charge on any atom is 0.0964 e. The summed E-state index contributed by atoms with van der Waals surface area (Å²) in [4.78, 5) is 0. The number of methoxy groups -OCH3 is 1. The van der Waals surface area contributed by atoms with Crippen molar-refractivity contribution in [2.24, 2.45) is 7.05 Å². The summed E-state index contributed by atoms with van der Waals surface area (Å²) in [5.41, 5.74) is 0.0530. The van der Waals surface area contributed by atoms with E-state index in [1.165, 1.54) is 0 Å². The van der Waals surface area contributed by atoms with Gasteiger partial charge in [0.05, 0.1) is 17.4 Å². The fraction of sp³-hybridized carbons (Fsp3) is 0.818. The van der Waals surface area contributed by atoms with Crippen LogP contribution in [0.4, 0.5) is 0 Å². The zero-order valence-corrected chi connectivity index (χ0v) is 9.89. The van der Waals surface area contributed by atoms with Gasteiger partial charge in [0.15, 0.2) is 0 Å². The molecule has 1 N–H and O–H groups in total. The number of ether oxygens (including phenoxy) is 1. The second-order valence-corrected chi connectivity index (χ2v) is 4.63. The molecule has 5 nitrogen and oxygen atoms in total. The zero-order chi connectivity index (χ0) is 11.6. The summed E-state index contributed by atoms with van der Waals surface area (Å²) >= 11 is 0. The van der Waals surface area contributed by atoms with Gasteiger partial charge in [0.2, 0.25) is 0 Å². The van der Waals surface area contributed by atoms with E-state index in [0.717, 1.165) is 31.4 Å². The summed E-state index contributed by atoms with van der Waals surface area (Å²) in [6.07, 6.45) is 6.18. The van der Waals surface area contributed by atoms with Crippen LogP contribution in [0.15, 0.2) is 6.20 Å². The van der Waals surface area contributed by atoms with Gasteiger partial charge < -0.3 is 9.84 Å². The van der Waals surface area contributed by atoms with Crippen molar-refractivity contribution in [2.75, 3.05) is 7.11 Å². The summed E-state index contributed by atoms with van der Waals surface area (Å²) in [5.74, 6) is 0. The number of aryl methyl sites for hydroxylation is 1. The van der Waals surface area contributed by atoms with Crippen molar-refractivity contribution in [3.8, 4) is 0 Å². The van der Waals surface area contributed by atoms with E-state index in [-0.39, 0.29) is 6.10 Å². The second kappa shape index (κ2) is 4.51. The van der Waals surface area contributed by atoms with Crippen LogP contribution in [0.1, 0.15) is 31.4 Å². The van der Waals surface area contributed by atoms with E-state index in [1.807, 2.05) is 13.2 Å². The Morgan fingerprint density at radius 1 is 1.62 bits per heavy atom. The Kier molecular flexibility index (Phi) is 3.25. The Labute approximate surface area is 95.4 Å². The maximum absolute atomic E-state index is 10.6. The molecule has 0 bridgehead atoms. The van der Waals surface area contributed by atoms with Crippen molar-refractivity contribution in [3.05, 3.63) is 11.9 Å². The Hall–Kier alpha value is -0.940. The third-order valence-electron chi connectivity index (χ3n) is 3.35. The molecule has 1 aromatic heterocycles. The highest BCUT2D eigenvalue weighted by atomic mass is 16.5. The first-order valence-electron chi connectivity index (χ1n) is 5.74. The number of nitrogens with zero attached hydrogens (tertiary/aromatic N) is 3. The van der Waals surface area contributed by atoms with Crippen molar-refractivity contribution in [1.82, 2.24) is 15.0 Å². The predicted molar refractivity (Wildman–Crippen MR) is 58.9 cm³/mol. The van der Waals surface area contributed by atoms with Crippen LogP contribution in [0.25, 0.3) is 0 Å². The number of hydrogen-bond donors (Lipinski definition) is 1. The molecule has 2 unspecified atom stereocenters. The molecule has 1 heterocycles. The molecule has 0 saturated heterocycles. The second-order valence-electron chi connectivity index (χ2n) is 4.63. The molecule has 0 aliphatic heterocycles. The number of aromatic nitrogens is 3. The first-order chi connectivity index (χ1) is 7.64. The van der Waals surface area contributed by atoms with Crippen LogP contribution in [0, 0.1) is 0 Å². The molecule has 16 heavy (non-hydrogen) atoms. The van der Waals surface area contributed by atoms with Gasteiger partial charge in [-0.25, -0.2) is 0 Å². The van der Waals surface area contributed by atoms with E-state index in [0.29, 0.717) is 6.42 Å². The van der Waals surface area contributed by atoms with E-state index in [4.69, 9.17) is 4.74 Å². The lowest BCUT2D eigenvalue weighted by atomic mass is 9.79. The minimum Gasteiger partial charge on any atom is -0.387 e. The van der Waals surface area contributed by atoms with Crippen molar-refractivity contribution >= 4 is 0 Å². The van der Waals surface area contributed by atoms with E-state index in [1.54, 1.807) is 11.8 Å². The largest absolute Gasteiger partial charge is 0.387 e. The first-order valence-corrected chi connectivity index (χ1v) is 5.74. The minimum absolute atomic E-state index is 0.0803. The van der Waals surface area contributed by atoms with Crippen LogP contribution in [0.5, 0.6) is 0 Å². The molecule has 0 aromatic carbocycles. The summed E-state index contributed by atoms with van der Waals surface area (Å²) < 4.78 is 7.04. The average molecular weight is 225 g/mol. The summed E-state index contributed by atoms with van der Waals surface area (Å²) in [5, 5.41) is 18.5. The van der Waals surface area contributed by atoms with Crippen LogP contribution in [-0.4, -0.2) is 38.9 Å². The third-order valence-corrected chi connectivity index (χ3v) is 3.35. The highest BCUT2D eigenvalue weighted by molar-refractivity contribution is 5.03. The Balaban J connectivity index is 2.10. The normalized spacial score (nSPS) is 30.6. The number of aliphatic hydroxyl groups is 1. The van der Waals surface area contributed by atoms with Gasteiger partial charge >= 0.3 is 0 Å². The van der Waals surface area contributed by atoms with E-state index in [9.17, 15) is 5.11 Å². The van der Waals surface area contributed by atoms with Gasteiger partial charge in [0, 0.05) is 26.8 Å². The average Bonchev–Trinajstić information content (AvgIpc) is 2.64. The van der Waals surface area contributed by atoms with Gasteiger partial charge in [-0.3, -0.25) is 4.68 Å². The third kappa shape index (κ3) is 2.25. The predicted octanol–water partition coefficient (Wildman–Crippen LogP) is 0.678. The molecule has 5 heteroatoms. The van der Waals surface area contributed by atoms with Gasteiger partial charge in [-0.2, -0.15) is 0 Å². The maximum atomic E-state index is 10.6. The van der Waals surface area contributed by atoms with Crippen LogP contribution in [0.2, 0.25) is 0 Å². The van der Waals surface area contributed by atoms with Crippen LogP contribution in [-0.2, 0) is 18.2 Å². The van der Waals surface area contributed by atoms with Gasteiger partial charge in [-0.1, -0.05) is 18.1 Å². The first kappa shape index (κ1) is 11.5. The molecule has 1 fully saturated rings. The lowest BCUT2D eigenvalue weighted by molar-refractivity contribution is -0.116. The van der Waals surface area contributed by atoms with Crippen LogP contribution >= 0.6 is 0 Å². The van der Waals surface area contributed by atoms with E-state index < -0.39 is 5.60 Å². The van der Waals surface area contributed by atoms with E-state index >= 15 is 0 Å². The summed E-state index contributed by atoms with van der Waals surface area (Å²) in [6.45, 7) is 0. The Morgan fingerprint density at radius 2 is 2.44 bits per heavy atom. The van der Waals surface area contributed by atoms with Crippen LogP contribution < -0.4 is 0 Å². The summed E-state index contributed by atoms with van der Waals surface area (Å²) in [6, 6.07) is 0. The van der Waals surface area contributed by atoms with Crippen molar-refractivity contribution in [2.45, 2.75) is 43.8 Å². The zero-order valence-electron chi connectivity index (χ0n) is 9.89. The number of rotatable bonds is 3. The van der Waals surface area contributed by atoms with Crippen molar-refractivity contribution in [3.63, 3.8) is 0 Å². The molecule has 2 rings (SSSR count). The van der Waals surface area contributed by atoms with Crippen LogP contribution in [0.3, 0.4) is 0 Å². The Morgan fingerprint density at radius 3 is 3.06 bits per heavy atom. The van der Waals surface area contributed by atoms with Gasteiger partial charge in [0.25, 0.3) is 0 Å². The molecule has 0 radical (unpaired) electrons. The quantitative estimate of drug-likeness (QED) is 0.821. The SMILES string of the molecule is COC1CCCCC1(O)Cc1cn(C)nn1. The van der Waals surface area contributed by atoms with Gasteiger partial charge in [0.1, 0.15) is 0 Å². The van der Waals surface area contributed by atoms with E-state index in [2.05, 4.69) is 10.3 Å². The molecular formula is C11H19N3O2. The van der Waals surface area contributed by atoms with Crippen molar-refractivity contribution in [1.29, 1.82) is 0 Å². The summed E-state index contributed by atoms with van der Waals surface area (Å²) in [7, 11) is 3.49. The molecule has 2 atom stereocenters. The molecule has 1 aromatic rings. The lowest BCUT2D eigenvalue weighted by Crippen LogP contribution is -2.47. The lowest BCUT2D eigenvalue weighted by Gasteiger charge is -2.38. The standard InChI is InChI=1S/C11H19N3O2/c1-14-8-9(12-13-14)7-11(15)6-4-3-5-10(11)16-2/h8,10,15H,3-7H2,1-2H3.